The van der Waals surface area contributed by atoms with Crippen molar-refractivity contribution in [3.63, 3.8) is 0 Å². The maximum Gasteiger partial charge on any atom is 0.407 e. The molecule has 1 saturated heterocycles. The summed E-state index contributed by atoms with van der Waals surface area (Å²) in [5, 5.41) is 2.85. The Labute approximate surface area is 121 Å². The van der Waals surface area contributed by atoms with Crippen molar-refractivity contribution in [3.8, 4) is 12.3 Å². The van der Waals surface area contributed by atoms with E-state index in [4.69, 9.17) is 11.2 Å². The van der Waals surface area contributed by atoms with Gasteiger partial charge in [-0.3, -0.25) is 4.79 Å². The minimum atomic E-state index is -0.490. The number of amides is 2. The number of terminal acetylenes is 1. The van der Waals surface area contributed by atoms with Gasteiger partial charge in [0.2, 0.25) is 5.91 Å². The molecule has 0 aromatic carbocycles. The van der Waals surface area contributed by atoms with Gasteiger partial charge in [0, 0.05) is 32.0 Å². The van der Waals surface area contributed by atoms with Gasteiger partial charge in [-0.25, -0.2) is 4.79 Å². The van der Waals surface area contributed by atoms with Crippen molar-refractivity contribution in [2.75, 3.05) is 13.1 Å². The zero-order valence-electron chi connectivity index (χ0n) is 12.6. The Hall–Kier alpha value is -1.70. The molecule has 0 spiro atoms. The van der Waals surface area contributed by atoms with Crippen molar-refractivity contribution in [1.29, 1.82) is 0 Å². The molecule has 0 radical (unpaired) electrons. The minimum absolute atomic E-state index is 0.0709. The van der Waals surface area contributed by atoms with Gasteiger partial charge in [0.1, 0.15) is 5.60 Å². The van der Waals surface area contributed by atoms with Gasteiger partial charge < -0.3 is 15.0 Å². The number of hydrogen-bond donors (Lipinski definition) is 1. The first-order valence-electron chi connectivity index (χ1n) is 7.02. The number of piperidine rings is 1. The summed E-state index contributed by atoms with van der Waals surface area (Å²) in [6.07, 6.45) is 7.14. The van der Waals surface area contributed by atoms with E-state index < -0.39 is 11.7 Å². The molecule has 0 atom stereocenters. The lowest BCUT2D eigenvalue weighted by atomic mass is 10.0. The fraction of sp³-hybridized carbons (Fsp3) is 0.733. The van der Waals surface area contributed by atoms with Crippen LogP contribution in [-0.4, -0.2) is 41.6 Å². The average Bonchev–Trinajstić information content (AvgIpc) is 2.34. The molecule has 0 bridgehead atoms. The summed E-state index contributed by atoms with van der Waals surface area (Å²) in [5.74, 6) is 2.57. The highest BCUT2D eigenvalue weighted by Crippen LogP contribution is 2.13. The molecule has 0 aromatic rings. The fourth-order valence-electron chi connectivity index (χ4n) is 2.08. The Morgan fingerprint density at radius 2 is 1.95 bits per heavy atom. The van der Waals surface area contributed by atoms with E-state index in [1.165, 1.54) is 0 Å². The van der Waals surface area contributed by atoms with E-state index in [0.29, 0.717) is 25.9 Å². The predicted molar refractivity (Wildman–Crippen MR) is 77.0 cm³/mol. The number of carbonyl (C=O) groups excluding carboxylic acids is 2. The SMILES string of the molecule is C#CCCC(=O)N1CCC(NC(=O)OC(C)(C)C)CC1. The summed E-state index contributed by atoms with van der Waals surface area (Å²) in [7, 11) is 0. The zero-order valence-corrected chi connectivity index (χ0v) is 12.6. The number of carbonyl (C=O) groups is 2. The van der Waals surface area contributed by atoms with Gasteiger partial charge >= 0.3 is 6.09 Å². The second kappa shape index (κ2) is 7.18. The Morgan fingerprint density at radius 1 is 1.35 bits per heavy atom. The fourth-order valence-corrected chi connectivity index (χ4v) is 2.08. The van der Waals surface area contributed by atoms with Crippen LogP contribution >= 0.6 is 0 Å². The number of ether oxygens (including phenoxy) is 1. The summed E-state index contributed by atoms with van der Waals surface area (Å²) >= 11 is 0. The van der Waals surface area contributed by atoms with E-state index in [9.17, 15) is 9.59 Å². The van der Waals surface area contributed by atoms with Crippen LogP contribution in [-0.2, 0) is 9.53 Å². The highest BCUT2D eigenvalue weighted by Gasteiger charge is 2.25. The van der Waals surface area contributed by atoms with Crippen molar-refractivity contribution < 1.29 is 14.3 Å². The predicted octanol–water partition coefficient (Wildman–Crippen LogP) is 1.92. The molecule has 112 valence electrons. The maximum absolute atomic E-state index is 11.8. The smallest absolute Gasteiger partial charge is 0.407 e. The Balaban J connectivity index is 2.30. The van der Waals surface area contributed by atoms with Gasteiger partial charge in [-0.05, 0) is 33.6 Å². The largest absolute Gasteiger partial charge is 0.444 e. The van der Waals surface area contributed by atoms with Crippen LogP contribution in [0, 0.1) is 12.3 Å². The summed E-state index contributed by atoms with van der Waals surface area (Å²) < 4.78 is 5.22. The summed E-state index contributed by atoms with van der Waals surface area (Å²) in [4.78, 5) is 25.2. The van der Waals surface area contributed by atoms with Gasteiger partial charge in [-0.1, -0.05) is 0 Å². The van der Waals surface area contributed by atoms with Crippen LogP contribution in [0.5, 0.6) is 0 Å². The Bertz CT molecular complexity index is 385. The average molecular weight is 280 g/mol. The molecular formula is C15H24N2O3. The quantitative estimate of drug-likeness (QED) is 0.803. The first-order chi connectivity index (χ1) is 9.31. The van der Waals surface area contributed by atoms with Gasteiger partial charge in [-0.2, -0.15) is 0 Å². The summed E-state index contributed by atoms with van der Waals surface area (Å²) in [6.45, 7) is 6.81. The van der Waals surface area contributed by atoms with Gasteiger partial charge in [-0.15, -0.1) is 12.3 Å². The molecule has 1 aliphatic heterocycles. The van der Waals surface area contributed by atoms with Crippen molar-refractivity contribution in [2.45, 2.75) is 58.1 Å². The van der Waals surface area contributed by atoms with Crippen LogP contribution in [0.1, 0.15) is 46.5 Å². The van der Waals surface area contributed by atoms with Gasteiger partial charge in [0.05, 0.1) is 0 Å². The molecule has 1 rings (SSSR count). The molecule has 0 saturated carbocycles. The molecule has 20 heavy (non-hydrogen) atoms. The topological polar surface area (TPSA) is 58.6 Å². The zero-order chi connectivity index (χ0) is 15.2. The standard InChI is InChI=1S/C15H24N2O3/c1-5-6-7-13(18)17-10-8-12(9-11-17)16-14(19)20-15(2,3)4/h1,12H,6-11H2,2-4H3,(H,16,19). The van der Waals surface area contributed by atoms with Crippen molar-refractivity contribution in [3.05, 3.63) is 0 Å². The monoisotopic (exact) mass is 280 g/mol. The lowest BCUT2D eigenvalue weighted by Gasteiger charge is -2.32. The molecule has 0 unspecified atom stereocenters. The molecule has 0 aromatic heterocycles. The van der Waals surface area contributed by atoms with Crippen molar-refractivity contribution in [1.82, 2.24) is 10.2 Å². The highest BCUT2D eigenvalue weighted by atomic mass is 16.6. The van der Waals surface area contributed by atoms with Gasteiger partial charge in [0.25, 0.3) is 0 Å². The van der Waals surface area contributed by atoms with E-state index in [2.05, 4.69) is 11.2 Å². The number of nitrogens with one attached hydrogen (secondary N) is 1. The Kier molecular flexibility index (Phi) is 5.87. The molecule has 5 heteroatoms. The Morgan fingerprint density at radius 3 is 2.45 bits per heavy atom. The third-order valence-corrected chi connectivity index (χ3v) is 3.05. The second-order valence-corrected chi connectivity index (χ2v) is 6.01. The van der Waals surface area contributed by atoms with Crippen LogP contribution in [0.4, 0.5) is 4.79 Å². The molecular weight excluding hydrogens is 256 g/mol. The number of likely N-dealkylation sites (tertiary alicyclic amines) is 1. The lowest BCUT2D eigenvalue weighted by molar-refractivity contribution is -0.132. The van der Waals surface area contributed by atoms with Crippen LogP contribution in [0.25, 0.3) is 0 Å². The number of hydrogen-bond acceptors (Lipinski definition) is 3. The third kappa shape index (κ3) is 5.96. The van der Waals surface area contributed by atoms with Crippen LogP contribution in [0.2, 0.25) is 0 Å². The van der Waals surface area contributed by atoms with E-state index in [1.807, 2.05) is 25.7 Å². The number of alkyl carbamates (subject to hydrolysis) is 1. The molecule has 1 N–H and O–H groups in total. The molecule has 1 fully saturated rings. The number of rotatable bonds is 3. The molecule has 1 aliphatic rings. The minimum Gasteiger partial charge on any atom is -0.444 e. The first-order valence-corrected chi connectivity index (χ1v) is 7.02. The molecule has 0 aliphatic carbocycles. The van der Waals surface area contributed by atoms with E-state index >= 15 is 0 Å². The van der Waals surface area contributed by atoms with E-state index in [1.54, 1.807) is 0 Å². The second-order valence-electron chi connectivity index (χ2n) is 6.01. The van der Waals surface area contributed by atoms with Crippen LogP contribution < -0.4 is 5.32 Å². The highest BCUT2D eigenvalue weighted by molar-refractivity contribution is 5.76. The maximum atomic E-state index is 11.8. The summed E-state index contributed by atoms with van der Waals surface area (Å²) in [5.41, 5.74) is -0.490. The lowest BCUT2D eigenvalue weighted by Crippen LogP contribution is -2.47. The normalized spacial score (nSPS) is 16.4. The molecule has 5 nitrogen and oxygen atoms in total. The van der Waals surface area contributed by atoms with Crippen LogP contribution in [0.3, 0.4) is 0 Å². The van der Waals surface area contributed by atoms with Gasteiger partial charge in [0.15, 0.2) is 0 Å². The number of nitrogens with zero attached hydrogens (tertiary/aromatic N) is 1. The molecule has 2 amide bonds. The van der Waals surface area contributed by atoms with Crippen LogP contribution in [0.15, 0.2) is 0 Å². The van der Waals surface area contributed by atoms with Crippen molar-refractivity contribution >= 4 is 12.0 Å². The first kappa shape index (κ1) is 16.4. The molecule has 1 heterocycles. The van der Waals surface area contributed by atoms with E-state index in [0.717, 1.165) is 12.8 Å². The summed E-state index contributed by atoms with van der Waals surface area (Å²) in [6, 6.07) is 0.0709. The van der Waals surface area contributed by atoms with E-state index in [-0.39, 0.29) is 11.9 Å². The third-order valence-electron chi connectivity index (χ3n) is 3.05. The van der Waals surface area contributed by atoms with Crippen molar-refractivity contribution in [2.24, 2.45) is 0 Å².